The van der Waals surface area contributed by atoms with E-state index in [0.29, 0.717) is 17.1 Å². The number of ether oxygens (including phenoxy) is 2. The van der Waals surface area contributed by atoms with E-state index in [4.69, 9.17) is 21.1 Å². The van der Waals surface area contributed by atoms with Crippen LogP contribution in [0.5, 0.6) is 0 Å². The molecule has 0 spiro atoms. The van der Waals surface area contributed by atoms with Gasteiger partial charge in [0.05, 0.1) is 46.5 Å². The van der Waals surface area contributed by atoms with Crippen molar-refractivity contribution in [3.63, 3.8) is 0 Å². The number of cyclic esters (lactones) is 1. The predicted octanol–water partition coefficient (Wildman–Crippen LogP) is 4.84. The number of fused-ring (bicyclic) bond motifs is 1. The molecular formula is C29H40ClNO6. The molecule has 0 bridgehead atoms. The summed E-state index contributed by atoms with van der Waals surface area (Å²) < 4.78 is 11.8. The van der Waals surface area contributed by atoms with E-state index >= 15 is 0 Å². The molecule has 8 heteroatoms. The van der Waals surface area contributed by atoms with Crippen molar-refractivity contribution < 1.29 is 29.3 Å². The number of hydrogen-bond acceptors (Lipinski definition) is 7. The highest BCUT2D eigenvalue weighted by molar-refractivity contribution is 6.32. The molecule has 2 aliphatic rings. The van der Waals surface area contributed by atoms with E-state index in [1.165, 1.54) is 0 Å². The molecule has 1 aromatic rings. The van der Waals surface area contributed by atoms with Gasteiger partial charge in [0.1, 0.15) is 11.9 Å². The number of aliphatic hydroxyl groups is 2. The van der Waals surface area contributed by atoms with Gasteiger partial charge in [-0.25, -0.2) is 0 Å². The molecule has 0 aliphatic carbocycles. The van der Waals surface area contributed by atoms with E-state index in [0.717, 1.165) is 19.3 Å². The molecule has 2 N–H and O–H groups in total. The maximum atomic E-state index is 13.5. The number of aliphatic hydroxyl groups excluding tert-OH is 2. The summed E-state index contributed by atoms with van der Waals surface area (Å²) in [6.45, 7) is 10.9. The van der Waals surface area contributed by atoms with Crippen LogP contribution < -0.4 is 0 Å². The van der Waals surface area contributed by atoms with Crippen LogP contribution in [0, 0.1) is 17.3 Å². The maximum Gasteiger partial charge on any atom is 0.309 e. The molecule has 37 heavy (non-hydrogen) atoms. The van der Waals surface area contributed by atoms with Gasteiger partial charge in [0.25, 0.3) is 0 Å². The lowest BCUT2D eigenvalue weighted by atomic mass is 9.71. The first kappa shape index (κ1) is 29.5. The van der Waals surface area contributed by atoms with Crippen LogP contribution in [-0.2, 0) is 19.1 Å². The van der Waals surface area contributed by atoms with Crippen molar-refractivity contribution in [3.05, 3.63) is 47.8 Å². The zero-order valence-electron chi connectivity index (χ0n) is 22.2. The topological polar surface area (TPSA) is 109 Å². The second-order valence-electron chi connectivity index (χ2n) is 11.2. The Kier molecular flexibility index (Phi) is 9.73. The Labute approximate surface area is 224 Å². The lowest BCUT2D eigenvalue weighted by Crippen LogP contribution is -2.46. The van der Waals surface area contributed by atoms with Crippen molar-refractivity contribution in [2.75, 3.05) is 0 Å². The van der Waals surface area contributed by atoms with Crippen molar-refractivity contribution in [3.8, 4) is 0 Å². The third-order valence-electron chi connectivity index (χ3n) is 7.93. The van der Waals surface area contributed by atoms with Crippen LogP contribution in [0.3, 0.4) is 0 Å². The fraction of sp³-hybridized carbons (Fsp3) is 0.621. The molecule has 2 aliphatic heterocycles. The molecule has 1 aromatic heterocycles. The lowest BCUT2D eigenvalue weighted by Gasteiger charge is -2.35. The quantitative estimate of drug-likeness (QED) is 0.324. The van der Waals surface area contributed by atoms with Gasteiger partial charge < -0.3 is 19.7 Å². The smallest absolute Gasteiger partial charge is 0.309 e. The molecule has 7 atom stereocenters. The number of allylic oxidation sites excluding steroid dienone is 1. The average molecular weight is 534 g/mol. The van der Waals surface area contributed by atoms with Crippen LogP contribution in [-0.4, -0.2) is 57.0 Å². The van der Waals surface area contributed by atoms with Crippen LogP contribution in [0.15, 0.2) is 42.1 Å². The van der Waals surface area contributed by atoms with Gasteiger partial charge >= 0.3 is 5.97 Å². The van der Waals surface area contributed by atoms with Crippen molar-refractivity contribution >= 4 is 29.4 Å². The van der Waals surface area contributed by atoms with Crippen molar-refractivity contribution in [1.29, 1.82) is 0 Å². The number of esters is 1. The van der Waals surface area contributed by atoms with Crippen LogP contribution >= 0.6 is 11.6 Å². The third kappa shape index (κ3) is 7.29. The van der Waals surface area contributed by atoms with Gasteiger partial charge in [-0.05, 0) is 50.3 Å². The monoisotopic (exact) mass is 533 g/mol. The number of rotatable bonds is 4. The summed E-state index contributed by atoms with van der Waals surface area (Å²) in [6, 6.07) is 5.43. The molecule has 3 heterocycles. The third-order valence-corrected chi connectivity index (χ3v) is 8.28. The second-order valence-corrected chi connectivity index (χ2v) is 11.7. The number of hydrogen-bond donors (Lipinski definition) is 2. The van der Waals surface area contributed by atoms with Crippen molar-refractivity contribution in [2.24, 2.45) is 17.3 Å². The Morgan fingerprint density at radius 2 is 2.00 bits per heavy atom. The molecule has 2 saturated heterocycles. The average Bonchev–Trinajstić information content (AvgIpc) is 3.49. The van der Waals surface area contributed by atoms with E-state index in [9.17, 15) is 19.8 Å². The molecule has 0 saturated carbocycles. The van der Waals surface area contributed by atoms with Gasteiger partial charge in [-0.15, -0.1) is 6.58 Å². The van der Waals surface area contributed by atoms with E-state index in [1.807, 2.05) is 19.9 Å². The van der Waals surface area contributed by atoms with Gasteiger partial charge in [-0.1, -0.05) is 50.9 Å². The summed E-state index contributed by atoms with van der Waals surface area (Å²) >= 11 is 6.63. The summed E-state index contributed by atoms with van der Waals surface area (Å²) in [6.07, 6.45) is 4.32. The van der Waals surface area contributed by atoms with Gasteiger partial charge in [0.15, 0.2) is 0 Å². The Morgan fingerprint density at radius 1 is 1.27 bits per heavy atom. The van der Waals surface area contributed by atoms with Crippen molar-refractivity contribution in [1.82, 2.24) is 4.98 Å². The number of aromatic nitrogens is 1. The standard InChI is InChI=1S/C29H40ClNO6/c1-6-10-20-26(34)18(2)11-9-13-29(5)24(37-29)16-22(21(30)15-19-12-7-8-14-31-19)36-25(33)17-23(32)28(3,4)27(20)35/h6-8,12,14-15,18,20,22-24,26,32,34H,1,9-11,13,16-17H2,2-5H3/t18-,20+,22-,23-,24?,26+,29?/m0/s1. The molecule has 204 valence electrons. The molecule has 2 fully saturated rings. The van der Waals surface area contributed by atoms with E-state index < -0.39 is 42.0 Å². The van der Waals surface area contributed by atoms with E-state index in [-0.39, 0.29) is 29.8 Å². The number of nitrogens with zero attached hydrogens (tertiary/aromatic N) is 1. The van der Waals surface area contributed by atoms with Gasteiger partial charge in [-0.2, -0.15) is 0 Å². The van der Waals surface area contributed by atoms with Crippen LogP contribution in [0.4, 0.5) is 0 Å². The first-order valence-corrected chi connectivity index (χ1v) is 13.4. The molecule has 2 unspecified atom stereocenters. The summed E-state index contributed by atoms with van der Waals surface area (Å²) in [5, 5.41) is 22.4. The largest absolute Gasteiger partial charge is 0.456 e. The number of ketones is 1. The van der Waals surface area contributed by atoms with E-state index in [1.54, 1.807) is 44.3 Å². The van der Waals surface area contributed by atoms with E-state index in [2.05, 4.69) is 11.6 Å². The zero-order valence-corrected chi connectivity index (χ0v) is 23.0. The van der Waals surface area contributed by atoms with Crippen LogP contribution in [0.1, 0.15) is 71.9 Å². The van der Waals surface area contributed by atoms with Crippen LogP contribution in [0.25, 0.3) is 6.08 Å². The number of carbonyl (C=O) groups excluding carboxylic acids is 2. The molecular weight excluding hydrogens is 494 g/mol. The summed E-state index contributed by atoms with van der Waals surface area (Å²) in [7, 11) is 0. The van der Waals surface area contributed by atoms with Crippen molar-refractivity contribution in [2.45, 2.75) is 96.2 Å². The predicted molar refractivity (Wildman–Crippen MR) is 143 cm³/mol. The highest BCUT2D eigenvalue weighted by Gasteiger charge is 2.53. The number of carbonyl (C=O) groups is 2. The molecule has 3 rings (SSSR count). The minimum absolute atomic E-state index is 0.135. The van der Waals surface area contributed by atoms with Gasteiger partial charge in [-0.3, -0.25) is 14.6 Å². The summed E-state index contributed by atoms with van der Waals surface area (Å²) in [4.78, 5) is 30.8. The minimum Gasteiger partial charge on any atom is -0.456 e. The first-order valence-electron chi connectivity index (χ1n) is 13.1. The second kappa shape index (κ2) is 12.2. The Morgan fingerprint density at radius 3 is 2.65 bits per heavy atom. The number of epoxide rings is 1. The summed E-state index contributed by atoms with van der Waals surface area (Å²) in [5.74, 6) is -1.84. The zero-order chi connectivity index (χ0) is 27.4. The fourth-order valence-corrected chi connectivity index (χ4v) is 5.35. The Balaban J connectivity index is 1.89. The van der Waals surface area contributed by atoms with Crippen LogP contribution in [0.2, 0.25) is 0 Å². The molecule has 7 nitrogen and oxygen atoms in total. The summed E-state index contributed by atoms with van der Waals surface area (Å²) in [5.41, 5.74) is -1.04. The highest BCUT2D eigenvalue weighted by atomic mass is 35.5. The normalized spacial score (nSPS) is 35.8. The fourth-order valence-electron chi connectivity index (χ4n) is 5.10. The molecule has 0 aromatic carbocycles. The van der Waals surface area contributed by atoms with Gasteiger partial charge in [0, 0.05) is 18.5 Å². The molecule has 0 amide bonds. The SMILES string of the molecule is C=CC[C@H]1C(=O)C(C)(C)[C@@H](O)CC(=O)O[C@H](C(Cl)=Cc2ccccn2)CC2OC2(C)CCC[C@H](C)[C@H]1O. The Hall–Kier alpha value is -2.06. The number of halogens is 1. The number of pyridine rings is 1. The molecule has 0 radical (unpaired) electrons. The number of Topliss-reactive ketones (excluding diaryl/α,β-unsaturated/α-hetero) is 1. The Bertz CT molecular complexity index is 995. The first-order chi connectivity index (χ1) is 17.4. The minimum atomic E-state index is -1.31. The maximum absolute atomic E-state index is 13.5. The highest BCUT2D eigenvalue weighted by Crippen LogP contribution is 2.45. The van der Waals surface area contributed by atoms with Gasteiger partial charge in [0.2, 0.25) is 0 Å². The lowest BCUT2D eigenvalue weighted by molar-refractivity contribution is -0.154.